The van der Waals surface area contributed by atoms with Crippen LogP contribution in [0.25, 0.3) is 16.8 Å². The van der Waals surface area contributed by atoms with Crippen molar-refractivity contribution < 1.29 is 9.53 Å². The number of carbonyl (C=O) groups excluding carboxylic acids is 1. The van der Waals surface area contributed by atoms with Crippen molar-refractivity contribution in [1.82, 2.24) is 14.9 Å². The molecule has 0 atom stereocenters. The zero-order valence-electron chi connectivity index (χ0n) is 15.2. The number of rotatable bonds is 2. The van der Waals surface area contributed by atoms with Gasteiger partial charge in [0.25, 0.3) is 0 Å². The maximum absolute atomic E-state index is 12.4. The first kappa shape index (κ1) is 18.4. The van der Waals surface area contributed by atoms with Crippen LogP contribution in [0.2, 0.25) is 5.15 Å². The molecule has 0 N–H and O–H groups in total. The minimum Gasteiger partial charge on any atom is -0.444 e. The summed E-state index contributed by atoms with van der Waals surface area (Å²) in [6, 6.07) is 7.61. The van der Waals surface area contributed by atoms with Crippen LogP contribution in [-0.2, 0) is 4.74 Å². The van der Waals surface area contributed by atoms with Crippen LogP contribution in [0.4, 0.5) is 4.79 Å². The van der Waals surface area contributed by atoms with Gasteiger partial charge in [0.2, 0.25) is 0 Å². The molecule has 6 heteroatoms. The Kier molecular flexibility index (Phi) is 5.28. The molecule has 0 aliphatic carbocycles. The van der Waals surface area contributed by atoms with Gasteiger partial charge < -0.3 is 9.64 Å². The van der Waals surface area contributed by atoms with E-state index in [2.05, 4.69) is 16.0 Å². The predicted molar refractivity (Wildman–Crippen MR) is 103 cm³/mol. The standard InChI is InChI=1S/C20H22ClN3O2/c1-20(2,3)26-19(25)24-9-5-7-15(13-24)16-10-17(23-18(21)11-16)14-6-4-8-22-12-14/h4,6-8,10-12H,5,9,13H2,1-3H3. The highest BCUT2D eigenvalue weighted by Gasteiger charge is 2.25. The van der Waals surface area contributed by atoms with E-state index in [1.54, 1.807) is 17.3 Å². The lowest BCUT2D eigenvalue weighted by Gasteiger charge is -2.30. The Bertz CT molecular complexity index is 829. The summed E-state index contributed by atoms with van der Waals surface area (Å²) in [5.41, 5.74) is 3.15. The molecule has 3 heterocycles. The topological polar surface area (TPSA) is 55.3 Å². The predicted octanol–water partition coefficient (Wildman–Crippen LogP) is 4.82. The van der Waals surface area contributed by atoms with Gasteiger partial charge in [0.1, 0.15) is 10.8 Å². The normalized spacial score (nSPS) is 14.8. The SMILES string of the molecule is CC(C)(C)OC(=O)N1CCC=C(c2cc(Cl)nc(-c3cccnc3)c2)C1. The molecule has 0 saturated heterocycles. The van der Waals surface area contributed by atoms with E-state index in [1.165, 1.54) is 0 Å². The number of amides is 1. The molecule has 0 radical (unpaired) electrons. The third-order valence-electron chi connectivity index (χ3n) is 3.92. The van der Waals surface area contributed by atoms with Gasteiger partial charge in [0.05, 0.1) is 5.69 Å². The molecule has 136 valence electrons. The largest absolute Gasteiger partial charge is 0.444 e. The zero-order chi connectivity index (χ0) is 18.7. The van der Waals surface area contributed by atoms with E-state index in [9.17, 15) is 4.79 Å². The van der Waals surface area contributed by atoms with Crippen LogP contribution < -0.4 is 0 Å². The van der Waals surface area contributed by atoms with Crippen molar-refractivity contribution in [3.05, 3.63) is 53.5 Å². The summed E-state index contributed by atoms with van der Waals surface area (Å²) in [5, 5.41) is 0.414. The Balaban J connectivity index is 1.84. The summed E-state index contributed by atoms with van der Waals surface area (Å²) in [7, 11) is 0. The molecule has 1 aliphatic heterocycles. The number of aromatic nitrogens is 2. The maximum Gasteiger partial charge on any atom is 0.410 e. The molecule has 0 spiro atoms. The van der Waals surface area contributed by atoms with Gasteiger partial charge in [-0.05, 0) is 62.6 Å². The molecule has 1 aliphatic rings. The van der Waals surface area contributed by atoms with Crippen LogP contribution in [0, 0.1) is 0 Å². The summed E-state index contributed by atoms with van der Waals surface area (Å²) in [4.78, 5) is 22.6. The van der Waals surface area contributed by atoms with Crippen molar-refractivity contribution in [1.29, 1.82) is 0 Å². The monoisotopic (exact) mass is 371 g/mol. The van der Waals surface area contributed by atoms with E-state index in [-0.39, 0.29) is 6.09 Å². The third-order valence-corrected chi connectivity index (χ3v) is 4.12. The van der Waals surface area contributed by atoms with Crippen molar-refractivity contribution in [2.24, 2.45) is 0 Å². The van der Waals surface area contributed by atoms with Crippen LogP contribution in [0.3, 0.4) is 0 Å². The fourth-order valence-electron chi connectivity index (χ4n) is 2.78. The lowest BCUT2D eigenvalue weighted by molar-refractivity contribution is 0.0273. The van der Waals surface area contributed by atoms with E-state index in [0.29, 0.717) is 18.2 Å². The Morgan fingerprint density at radius 1 is 1.27 bits per heavy atom. The minimum absolute atomic E-state index is 0.296. The molecule has 0 saturated carbocycles. The molecule has 5 nitrogen and oxygen atoms in total. The Morgan fingerprint density at radius 3 is 2.77 bits per heavy atom. The number of hydrogen-bond acceptors (Lipinski definition) is 4. The van der Waals surface area contributed by atoms with Gasteiger partial charge in [-0.1, -0.05) is 17.7 Å². The minimum atomic E-state index is -0.508. The van der Waals surface area contributed by atoms with Crippen LogP contribution in [0.1, 0.15) is 32.8 Å². The molecule has 0 fully saturated rings. The summed E-state index contributed by atoms with van der Waals surface area (Å²) < 4.78 is 5.49. The first-order valence-corrected chi connectivity index (χ1v) is 8.95. The first-order valence-electron chi connectivity index (χ1n) is 8.57. The number of carbonyl (C=O) groups is 1. The summed E-state index contributed by atoms with van der Waals surface area (Å²) in [6.45, 7) is 6.74. The van der Waals surface area contributed by atoms with Gasteiger partial charge in [-0.15, -0.1) is 0 Å². The van der Waals surface area contributed by atoms with Crippen molar-refractivity contribution in [3.8, 4) is 11.3 Å². The summed E-state index contributed by atoms with van der Waals surface area (Å²) in [6.07, 6.45) is 6.09. The van der Waals surface area contributed by atoms with Crippen molar-refractivity contribution >= 4 is 23.3 Å². The molecule has 0 unspecified atom stereocenters. The van der Waals surface area contributed by atoms with Crippen LogP contribution in [-0.4, -0.2) is 39.7 Å². The molecule has 1 amide bonds. The highest BCUT2D eigenvalue weighted by Crippen LogP contribution is 2.28. The van der Waals surface area contributed by atoms with Gasteiger partial charge in [-0.2, -0.15) is 0 Å². The van der Waals surface area contributed by atoms with Crippen molar-refractivity contribution in [3.63, 3.8) is 0 Å². The van der Waals surface area contributed by atoms with Crippen molar-refractivity contribution in [2.45, 2.75) is 32.8 Å². The van der Waals surface area contributed by atoms with E-state index >= 15 is 0 Å². The van der Waals surface area contributed by atoms with E-state index in [0.717, 1.165) is 28.8 Å². The van der Waals surface area contributed by atoms with Crippen LogP contribution >= 0.6 is 11.6 Å². The third kappa shape index (κ3) is 4.61. The number of pyridine rings is 2. The molecule has 0 bridgehead atoms. The van der Waals surface area contributed by atoms with Gasteiger partial charge >= 0.3 is 6.09 Å². The molecule has 3 rings (SSSR count). The average molecular weight is 372 g/mol. The lowest BCUT2D eigenvalue weighted by atomic mass is 10.0. The number of ether oxygens (including phenoxy) is 1. The molecular weight excluding hydrogens is 350 g/mol. The van der Waals surface area contributed by atoms with Gasteiger partial charge in [-0.25, -0.2) is 9.78 Å². The Labute approximate surface area is 158 Å². The molecule has 26 heavy (non-hydrogen) atoms. The summed E-state index contributed by atoms with van der Waals surface area (Å²) in [5.74, 6) is 0. The molecule has 0 aromatic carbocycles. The lowest BCUT2D eigenvalue weighted by Crippen LogP contribution is -2.39. The van der Waals surface area contributed by atoms with Gasteiger partial charge in [-0.3, -0.25) is 4.98 Å². The van der Waals surface area contributed by atoms with Crippen LogP contribution in [0.15, 0.2) is 42.7 Å². The quantitative estimate of drug-likeness (QED) is 0.710. The average Bonchev–Trinajstić information content (AvgIpc) is 2.61. The molecule has 2 aromatic heterocycles. The Hall–Kier alpha value is -2.40. The van der Waals surface area contributed by atoms with E-state index in [4.69, 9.17) is 16.3 Å². The van der Waals surface area contributed by atoms with Crippen molar-refractivity contribution in [2.75, 3.05) is 13.1 Å². The first-order chi connectivity index (χ1) is 12.3. The van der Waals surface area contributed by atoms with Crippen LogP contribution in [0.5, 0.6) is 0 Å². The fourth-order valence-corrected chi connectivity index (χ4v) is 2.99. The number of nitrogens with zero attached hydrogens (tertiary/aromatic N) is 3. The smallest absolute Gasteiger partial charge is 0.410 e. The number of hydrogen-bond donors (Lipinski definition) is 0. The number of halogens is 1. The molecular formula is C20H22ClN3O2. The second kappa shape index (κ2) is 7.46. The maximum atomic E-state index is 12.4. The second-order valence-electron chi connectivity index (χ2n) is 7.23. The Morgan fingerprint density at radius 2 is 2.08 bits per heavy atom. The fraction of sp³-hybridized carbons (Fsp3) is 0.350. The summed E-state index contributed by atoms with van der Waals surface area (Å²) >= 11 is 6.24. The second-order valence-corrected chi connectivity index (χ2v) is 7.61. The zero-order valence-corrected chi connectivity index (χ0v) is 16.0. The van der Waals surface area contributed by atoms with E-state index < -0.39 is 5.60 Å². The molecule has 2 aromatic rings. The van der Waals surface area contributed by atoms with Gasteiger partial charge in [0, 0.05) is 31.0 Å². The van der Waals surface area contributed by atoms with Gasteiger partial charge in [0.15, 0.2) is 0 Å². The highest BCUT2D eigenvalue weighted by molar-refractivity contribution is 6.29. The highest BCUT2D eigenvalue weighted by atomic mass is 35.5. The van der Waals surface area contributed by atoms with E-state index in [1.807, 2.05) is 45.0 Å².